The number of hydrogen-bond acceptors (Lipinski definition) is 4. The van der Waals surface area contributed by atoms with Gasteiger partial charge in [0.25, 0.3) is 6.71 Å². The van der Waals surface area contributed by atoms with Crippen molar-refractivity contribution in [2.45, 2.75) is 209 Å². The maximum absolute atomic E-state index is 5.84. The molecule has 0 N–H and O–H groups in total. The van der Waals surface area contributed by atoms with Crippen LogP contribution in [0.15, 0.2) is 140 Å². The molecule has 83 heavy (non-hydrogen) atoms. The molecule has 2 aliphatic heterocycles. The Hall–Kier alpha value is -6.72. The summed E-state index contributed by atoms with van der Waals surface area (Å²) in [6.07, 6.45) is 0. The zero-order valence-corrected chi connectivity index (χ0v) is 55.1. The van der Waals surface area contributed by atoms with E-state index in [1.54, 1.807) is 0 Å². The highest BCUT2D eigenvalue weighted by Gasteiger charge is 2.45. The summed E-state index contributed by atoms with van der Waals surface area (Å²) in [5, 5.41) is 0. The molecule has 8 aromatic rings. The van der Waals surface area contributed by atoms with Crippen molar-refractivity contribution >= 4 is 57.2 Å². The van der Waals surface area contributed by atoms with Gasteiger partial charge in [0, 0.05) is 50.8 Å². The molecule has 0 atom stereocenters. The van der Waals surface area contributed by atoms with Crippen LogP contribution in [0.3, 0.4) is 0 Å². The number of benzene rings is 7. The fourth-order valence-electron chi connectivity index (χ4n) is 12.0. The second-order valence-corrected chi connectivity index (χ2v) is 32.7. The minimum Gasteiger partial charge on any atom is -0.311 e. The Labute approximate surface area is 501 Å². The van der Waals surface area contributed by atoms with E-state index in [2.05, 4.69) is 315 Å². The third-order valence-corrected chi connectivity index (χ3v) is 17.7. The number of fused-ring (bicyclic) bond motifs is 4. The molecule has 1 aromatic heterocycles. The van der Waals surface area contributed by atoms with Gasteiger partial charge in [-0.2, -0.15) is 0 Å². The molecule has 5 heteroatoms. The fourth-order valence-corrected chi connectivity index (χ4v) is 12.0. The van der Waals surface area contributed by atoms with Gasteiger partial charge in [-0.3, -0.25) is 0 Å². The Bertz CT molecular complexity index is 3490. The van der Waals surface area contributed by atoms with E-state index in [1.807, 2.05) is 0 Å². The summed E-state index contributed by atoms with van der Waals surface area (Å²) in [5.74, 6) is 0.693. The summed E-state index contributed by atoms with van der Waals surface area (Å²) in [6, 6.07) is 54.9. The summed E-state index contributed by atoms with van der Waals surface area (Å²) in [6.45, 7) is 55.7. The molecule has 10 rings (SSSR count). The van der Waals surface area contributed by atoms with Crippen LogP contribution in [0.4, 0.5) is 34.1 Å². The zero-order chi connectivity index (χ0) is 60.7. The van der Waals surface area contributed by atoms with Crippen molar-refractivity contribution in [1.82, 2.24) is 9.97 Å². The Morgan fingerprint density at radius 2 is 0.554 bits per heavy atom. The lowest BCUT2D eigenvalue weighted by atomic mass is 9.33. The third kappa shape index (κ3) is 11.5. The van der Waals surface area contributed by atoms with Crippen LogP contribution in [-0.2, 0) is 43.3 Å². The monoisotopic (exact) mass is 1100 g/mol. The average molecular weight is 1100 g/mol. The van der Waals surface area contributed by atoms with Crippen molar-refractivity contribution in [3.63, 3.8) is 0 Å². The standard InChI is InChI=1S/C78H95BN4/c1-71(2,3)51-25-31-59(32-26-51)82-65-35-29-53(73(7,8)9)45-61(65)79-62-46-54(74(10,11)12)30-36-66(62)83(60-33-27-52(28-34-60)72(4,5)6)68-42-50(41-67(82)69(68)79)70-80-63(48-37-55(75(13,14)15)43-56(38-48)76(16,17)18)47-64(81-70)49-39-57(77(19,20)21)44-58(40-49)78(22,23)24/h25-47H,1-24H3. The maximum Gasteiger partial charge on any atom is 0.252 e. The Balaban J connectivity index is 1.37. The van der Waals surface area contributed by atoms with Crippen LogP contribution in [0.1, 0.15) is 211 Å². The first-order chi connectivity index (χ1) is 38.2. The van der Waals surface area contributed by atoms with Gasteiger partial charge in [-0.05, 0) is 183 Å². The van der Waals surface area contributed by atoms with Crippen LogP contribution in [0, 0.1) is 0 Å². The predicted molar refractivity (Wildman–Crippen MR) is 362 cm³/mol. The lowest BCUT2D eigenvalue weighted by molar-refractivity contribution is 0.568. The molecule has 430 valence electrons. The maximum atomic E-state index is 5.84. The minimum atomic E-state index is -0.0913. The van der Waals surface area contributed by atoms with E-state index in [0.717, 1.165) is 50.8 Å². The van der Waals surface area contributed by atoms with Crippen molar-refractivity contribution < 1.29 is 0 Å². The van der Waals surface area contributed by atoms with Gasteiger partial charge in [-0.15, -0.1) is 0 Å². The summed E-state index contributed by atoms with van der Waals surface area (Å²) in [7, 11) is 0. The topological polar surface area (TPSA) is 32.3 Å². The lowest BCUT2D eigenvalue weighted by Crippen LogP contribution is -2.61. The van der Waals surface area contributed by atoms with Gasteiger partial charge in [-0.1, -0.05) is 227 Å². The molecule has 0 spiro atoms. The molecule has 7 aromatic carbocycles. The van der Waals surface area contributed by atoms with E-state index >= 15 is 0 Å². The van der Waals surface area contributed by atoms with Gasteiger partial charge in [-0.25, -0.2) is 9.97 Å². The van der Waals surface area contributed by atoms with Crippen LogP contribution in [0.5, 0.6) is 0 Å². The quantitative estimate of drug-likeness (QED) is 0.161. The first-order valence-electron chi connectivity index (χ1n) is 30.7. The van der Waals surface area contributed by atoms with E-state index < -0.39 is 0 Å². The molecule has 0 unspecified atom stereocenters. The van der Waals surface area contributed by atoms with Gasteiger partial charge in [0.1, 0.15) is 0 Å². The first-order valence-corrected chi connectivity index (χ1v) is 30.7. The smallest absolute Gasteiger partial charge is 0.252 e. The number of rotatable bonds is 5. The molecule has 0 bridgehead atoms. The SMILES string of the molecule is CC(C)(C)c1ccc(N2c3ccc(C(C)(C)C)cc3B3c4cc(C(C)(C)C)ccc4N(c4ccc(C(C)(C)C)cc4)c4cc(-c5nc(-c6cc(C(C)(C)C)cc(C(C)(C)C)c6)cc(-c6cc(C(C)(C)C)cc(C(C)(C)C)c6)n5)cc2c43)cc1. The minimum absolute atomic E-state index is 0.0121. The number of hydrogen-bond donors (Lipinski definition) is 0. The average Bonchev–Trinajstić information content (AvgIpc) is 0.821. The molecule has 0 saturated carbocycles. The van der Waals surface area contributed by atoms with Crippen molar-refractivity contribution in [3.05, 3.63) is 184 Å². The largest absolute Gasteiger partial charge is 0.311 e. The Kier molecular flexibility index (Phi) is 14.3. The van der Waals surface area contributed by atoms with E-state index in [4.69, 9.17) is 9.97 Å². The highest BCUT2D eigenvalue weighted by atomic mass is 15.2. The van der Waals surface area contributed by atoms with Crippen LogP contribution in [0.2, 0.25) is 0 Å². The molecule has 0 amide bonds. The van der Waals surface area contributed by atoms with Gasteiger partial charge in [0.2, 0.25) is 0 Å². The molecule has 2 aliphatic rings. The van der Waals surface area contributed by atoms with Gasteiger partial charge >= 0.3 is 0 Å². The van der Waals surface area contributed by atoms with Crippen molar-refractivity contribution in [2.75, 3.05) is 9.80 Å². The summed E-state index contributed by atoms with van der Waals surface area (Å²) < 4.78 is 0. The molecular formula is C78H95BN4. The lowest BCUT2D eigenvalue weighted by Gasteiger charge is -2.45. The van der Waals surface area contributed by atoms with E-state index in [-0.39, 0.29) is 50.0 Å². The van der Waals surface area contributed by atoms with E-state index in [1.165, 1.54) is 72.3 Å². The molecule has 4 nitrogen and oxygen atoms in total. The Morgan fingerprint density at radius 3 is 0.843 bits per heavy atom. The molecule has 0 fully saturated rings. The fraction of sp³-hybridized carbons (Fsp3) is 0.410. The highest BCUT2D eigenvalue weighted by Crippen LogP contribution is 2.48. The van der Waals surface area contributed by atoms with Crippen LogP contribution in [0.25, 0.3) is 33.9 Å². The van der Waals surface area contributed by atoms with Crippen LogP contribution >= 0.6 is 0 Å². The molecular weight excluding hydrogens is 1000 g/mol. The second kappa shape index (κ2) is 20.0. The predicted octanol–water partition coefficient (Wildman–Crippen LogP) is 19.9. The van der Waals surface area contributed by atoms with Gasteiger partial charge in [0.15, 0.2) is 5.82 Å². The normalized spacial score (nSPS) is 14.2. The van der Waals surface area contributed by atoms with Crippen molar-refractivity contribution in [2.24, 2.45) is 0 Å². The summed E-state index contributed by atoms with van der Waals surface area (Å²) in [5.41, 5.74) is 25.6. The molecule has 3 heterocycles. The highest BCUT2D eigenvalue weighted by molar-refractivity contribution is 7.00. The number of aromatic nitrogens is 2. The molecule has 0 aliphatic carbocycles. The molecule has 0 saturated heterocycles. The van der Waals surface area contributed by atoms with Gasteiger partial charge in [0.05, 0.1) is 11.4 Å². The van der Waals surface area contributed by atoms with E-state index in [0.29, 0.717) is 5.82 Å². The third-order valence-electron chi connectivity index (χ3n) is 17.7. The van der Waals surface area contributed by atoms with Crippen molar-refractivity contribution in [3.8, 4) is 33.9 Å². The second-order valence-electron chi connectivity index (χ2n) is 32.7. The molecule has 0 radical (unpaired) electrons. The van der Waals surface area contributed by atoms with Crippen molar-refractivity contribution in [1.29, 1.82) is 0 Å². The number of nitrogens with zero attached hydrogens (tertiary/aromatic N) is 4. The number of anilines is 6. The Morgan fingerprint density at radius 1 is 0.265 bits per heavy atom. The van der Waals surface area contributed by atoms with Crippen LogP contribution < -0.4 is 26.2 Å². The van der Waals surface area contributed by atoms with Gasteiger partial charge < -0.3 is 9.80 Å². The summed E-state index contributed by atoms with van der Waals surface area (Å²) in [4.78, 5) is 16.8. The van der Waals surface area contributed by atoms with E-state index in [9.17, 15) is 0 Å². The summed E-state index contributed by atoms with van der Waals surface area (Å²) >= 11 is 0. The van der Waals surface area contributed by atoms with Crippen LogP contribution in [-0.4, -0.2) is 16.7 Å². The zero-order valence-electron chi connectivity index (χ0n) is 55.1. The first kappa shape index (κ1) is 59.4.